The van der Waals surface area contributed by atoms with Crippen molar-refractivity contribution >= 4 is 24.5 Å². The van der Waals surface area contributed by atoms with Crippen molar-refractivity contribution in [3.8, 4) is 22.8 Å². The van der Waals surface area contributed by atoms with E-state index in [4.69, 9.17) is 20.0 Å². The average molecular weight is 682 g/mol. The predicted molar refractivity (Wildman–Crippen MR) is 197 cm³/mol. The molecule has 12 heteroatoms. The molecule has 5 heterocycles. The number of aromatic nitrogens is 2. The van der Waals surface area contributed by atoms with E-state index >= 15 is 0 Å². The molecule has 0 bridgehead atoms. The minimum absolute atomic E-state index is 0.109. The SMILES string of the molecule is C=NC(=N)c1c(-c2ccc(Oc3ccccc3)cc2)nn(C2CCN(C3CN(C4CN(CC5CN(C(=O)OC(C)(C)C)C5)C4)C3)CC2)c1NC. The molecule has 1 amide bonds. The molecule has 4 aliphatic rings. The Balaban J connectivity index is 0.893. The first kappa shape index (κ1) is 34.2. The van der Waals surface area contributed by atoms with Crippen LogP contribution in [0.15, 0.2) is 59.6 Å². The number of aliphatic imine (C=N–C) groups is 1. The number of piperidine rings is 1. The lowest BCUT2D eigenvalue weighted by atomic mass is 9.93. The monoisotopic (exact) mass is 681 g/mol. The zero-order valence-electron chi connectivity index (χ0n) is 29.8. The standard InChI is InChI=1S/C38H51N9O3/c1-38(2,3)50-37(48)46-20-26(21-46)19-43-22-29(23-43)45-24-30(25-45)44-17-15-28(16-18-44)47-36(41-5)33(35(39)40-4)34(42-47)27-11-13-32(14-12-27)49-31-9-7-6-8-10-31/h6-14,26,28-30,39,41H,4,15-25H2,1-3,5H3. The molecule has 0 radical (unpaired) electrons. The highest BCUT2D eigenvalue weighted by molar-refractivity contribution is 6.08. The van der Waals surface area contributed by atoms with Gasteiger partial charge in [-0.2, -0.15) is 5.10 Å². The number of amidine groups is 1. The number of hydrogen-bond acceptors (Lipinski definition) is 9. The highest BCUT2D eigenvalue weighted by Gasteiger charge is 2.43. The fraction of sp³-hybridized carbons (Fsp3) is 0.526. The number of anilines is 1. The number of hydrogen-bond donors (Lipinski definition) is 2. The lowest BCUT2D eigenvalue weighted by Crippen LogP contribution is -2.70. The molecule has 3 aromatic rings. The molecule has 12 nitrogen and oxygen atoms in total. The third-order valence-electron chi connectivity index (χ3n) is 10.5. The first-order valence-electron chi connectivity index (χ1n) is 18.0. The van der Waals surface area contributed by atoms with Gasteiger partial charge in [-0.05, 0) is 76.7 Å². The second kappa shape index (κ2) is 14.2. The summed E-state index contributed by atoms with van der Waals surface area (Å²) in [6.07, 6.45) is 1.82. The van der Waals surface area contributed by atoms with Crippen molar-refractivity contribution in [3.05, 3.63) is 60.2 Å². The average Bonchev–Trinajstić information content (AvgIpc) is 3.43. The fourth-order valence-electron chi connectivity index (χ4n) is 7.71. The van der Waals surface area contributed by atoms with Crippen molar-refractivity contribution in [1.29, 1.82) is 5.41 Å². The minimum Gasteiger partial charge on any atom is -0.457 e. The molecule has 266 valence electrons. The molecule has 0 spiro atoms. The van der Waals surface area contributed by atoms with Crippen LogP contribution in [0, 0.1) is 11.3 Å². The first-order valence-corrected chi connectivity index (χ1v) is 18.0. The number of carbonyl (C=O) groups is 1. The van der Waals surface area contributed by atoms with Gasteiger partial charge in [-0.3, -0.25) is 20.1 Å². The summed E-state index contributed by atoms with van der Waals surface area (Å²) in [5.41, 5.74) is 1.86. The summed E-state index contributed by atoms with van der Waals surface area (Å²) in [6.45, 7) is 18.7. The van der Waals surface area contributed by atoms with Crippen molar-refractivity contribution < 1.29 is 14.3 Å². The van der Waals surface area contributed by atoms with Crippen LogP contribution in [0.25, 0.3) is 11.3 Å². The third kappa shape index (κ3) is 7.28. The maximum atomic E-state index is 12.2. The van der Waals surface area contributed by atoms with Crippen LogP contribution in [0.5, 0.6) is 11.5 Å². The van der Waals surface area contributed by atoms with Crippen molar-refractivity contribution in [3.63, 3.8) is 0 Å². The molecule has 4 fully saturated rings. The van der Waals surface area contributed by atoms with Crippen LogP contribution in [0.1, 0.15) is 45.2 Å². The smallest absolute Gasteiger partial charge is 0.410 e. The minimum atomic E-state index is -0.440. The molecule has 0 aliphatic carbocycles. The predicted octanol–water partition coefficient (Wildman–Crippen LogP) is 5.28. The molecule has 2 aromatic carbocycles. The van der Waals surface area contributed by atoms with E-state index in [9.17, 15) is 4.79 Å². The topological polar surface area (TPSA) is 115 Å². The number of amides is 1. The largest absolute Gasteiger partial charge is 0.457 e. The van der Waals surface area contributed by atoms with E-state index in [-0.39, 0.29) is 18.0 Å². The van der Waals surface area contributed by atoms with Gasteiger partial charge < -0.3 is 19.7 Å². The fourth-order valence-corrected chi connectivity index (χ4v) is 7.71. The lowest BCUT2D eigenvalue weighted by molar-refractivity contribution is -0.0678. The second-order valence-corrected chi connectivity index (χ2v) is 15.2. The maximum Gasteiger partial charge on any atom is 0.410 e. The molecule has 0 atom stereocenters. The van der Waals surface area contributed by atoms with E-state index in [1.54, 1.807) is 0 Å². The van der Waals surface area contributed by atoms with E-state index in [1.807, 2.05) is 87.3 Å². The molecule has 0 saturated carbocycles. The molecule has 7 rings (SSSR count). The van der Waals surface area contributed by atoms with Crippen LogP contribution in [-0.4, -0.2) is 132 Å². The van der Waals surface area contributed by atoms with Crippen molar-refractivity contribution in [2.45, 2.75) is 57.3 Å². The quantitative estimate of drug-likeness (QED) is 0.220. The van der Waals surface area contributed by atoms with Gasteiger partial charge in [0.25, 0.3) is 0 Å². The number of carbonyl (C=O) groups excluding carboxylic acids is 1. The van der Waals surface area contributed by atoms with E-state index in [1.165, 1.54) is 0 Å². The molecule has 2 N–H and O–H groups in total. The Morgan fingerprint density at radius 3 is 2.18 bits per heavy atom. The molecule has 1 aromatic heterocycles. The lowest BCUT2D eigenvalue weighted by Gasteiger charge is -2.56. The van der Waals surface area contributed by atoms with Gasteiger partial charge in [0.1, 0.15) is 28.6 Å². The molecule has 50 heavy (non-hydrogen) atoms. The number of para-hydroxylation sites is 1. The van der Waals surface area contributed by atoms with E-state index in [2.05, 4.69) is 36.4 Å². The number of nitrogens with one attached hydrogen (secondary N) is 2. The summed E-state index contributed by atoms with van der Waals surface area (Å²) in [5, 5.41) is 17.1. The molecular formula is C38H51N9O3. The van der Waals surface area contributed by atoms with Crippen LogP contribution < -0.4 is 10.1 Å². The highest BCUT2D eigenvalue weighted by Crippen LogP contribution is 2.37. The Kier molecular flexibility index (Phi) is 9.69. The van der Waals surface area contributed by atoms with Gasteiger partial charge >= 0.3 is 6.09 Å². The van der Waals surface area contributed by atoms with Crippen molar-refractivity contribution in [1.82, 2.24) is 29.4 Å². The second-order valence-electron chi connectivity index (χ2n) is 15.2. The number of nitrogens with zero attached hydrogens (tertiary/aromatic N) is 7. The summed E-state index contributed by atoms with van der Waals surface area (Å²) in [4.78, 5) is 25.9. The summed E-state index contributed by atoms with van der Waals surface area (Å²) in [5.74, 6) is 3.00. The Morgan fingerprint density at radius 1 is 0.920 bits per heavy atom. The van der Waals surface area contributed by atoms with Gasteiger partial charge in [0.15, 0.2) is 5.84 Å². The summed E-state index contributed by atoms with van der Waals surface area (Å²) < 4.78 is 13.6. The number of rotatable bonds is 10. The van der Waals surface area contributed by atoms with Gasteiger partial charge in [0.2, 0.25) is 0 Å². The van der Waals surface area contributed by atoms with E-state index in [0.29, 0.717) is 23.6 Å². The first-order chi connectivity index (χ1) is 24.1. The van der Waals surface area contributed by atoms with Crippen LogP contribution in [-0.2, 0) is 4.74 Å². The zero-order chi connectivity index (χ0) is 35.0. The maximum absolute atomic E-state index is 12.2. The number of benzene rings is 2. The Hall–Kier alpha value is -4.26. The van der Waals surface area contributed by atoms with Gasteiger partial charge in [0.05, 0.1) is 11.6 Å². The van der Waals surface area contributed by atoms with E-state index < -0.39 is 5.60 Å². The summed E-state index contributed by atoms with van der Waals surface area (Å²) in [6, 6.07) is 19.1. The summed E-state index contributed by atoms with van der Waals surface area (Å²) >= 11 is 0. The van der Waals surface area contributed by atoms with Gasteiger partial charge in [-0.25, -0.2) is 14.5 Å². The molecule has 4 aliphatic heterocycles. The van der Waals surface area contributed by atoms with Gasteiger partial charge in [0, 0.05) is 89.5 Å². The molecular weight excluding hydrogens is 630 g/mol. The van der Waals surface area contributed by atoms with Gasteiger partial charge in [-0.15, -0.1) is 0 Å². The molecule has 4 saturated heterocycles. The van der Waals surface area contributed by atoms with Crippen LogP contribution >= 0.6 is 0 Å². The zero-order valence-corrected chi connectivity index (χ0v) is 29.8. The van der Waals surface area contributed by atoms with Crippen LogP contribution in [0.3, 0.4) is 0 Å². The van der Waals surface area contributed by atoms with Gasteiger partial charge in [-0.1, -0.05) is 18.2 Å². The normalized spacial score (nSPS) is 20.1. The highest BCUT2D eigenvalue weighted by atomic mass is 16.6. The Labute approximate surface area is 295 Å². The number of ether oxygens (including phenoxy) is 2. The van der Waals surface area contributed by atoms with Crippen LogP contribution in [0.2, 0.25) is 0 Å². The third-order valence-corrected chi connectivity index (χ3v) is 10.5. The summed E-state index contributed by atoms with van der Waals surface area (Å²) in [7, 11) is 1.89. The van der Waals surface area contributed by atoms with E-state index in [0.717, 1.165) is 100 Å². The van der Waals surface area contributed by atoms with Crippen molar-refractivity contribution in [2.75, 3.05) is 71.3 Å². The van der Waals surface area contributed by atoms with Crippen LogP contribution in [0.4, 0.5) is 10.6 Å². The van der Waals surface area contributed by atoms with Crippen molar-refractivity contribution in [2.24, 2.45) is 10.9 Å². The Bertz CT molecular complexity index is 1660. The number of likely N-dealkylation sites (tertiary alicyclic amines) is 4. The Morgan fingerprint density at radius 2 is 1.56 bits per heavy atom. The molecule has 0 unspecified atom stereocenters.